The standard InChI is InChI=1S/C16H22F5NO/c1-5-22(6-2)13-9-7-12(8-10-13)14(3,23-4)11-15(17,18)16(19,20)21/h7-10H,5-6,11H2,1-4H3. The maximum absolute atomic E-state index is 13.4. The van der Waals surface area contributed by atoms with Crippen LogP contribution in [0.1, 0.15) is 32.8 Å². The second-order valence-corrected chi connectivity index (χ2v) is 5.53. The van der Waals surface area contributed by atoms with Crippen LogP contribution in [-0.4, -0.2) is 32.3 Å². The van der Waals surface area contributed by atoms with Crippen molar-refractivity contribution in [2.75, 3.05) is 25.1 Å². The molecule has 2 nitrogen and oxygen atoms in total. The largest absolute Gasteiger partial charge is 0.453 e. The minimum absolute atomic E-state index is 0.278. The van der Waals surface area contributed by atoms with Gasteiger partial charge in [-0.15, -0.1) is 0 Å². The predicted molar refractivity (Wildman–Crippen MR) is 80.0 cm³/mol. The van der Waals surface area contributed by atoms with Gasteiger partial charge in [0, 0.05) is 25.9 Å². The predicted octanol–water partition coefficient (Wildman–Crippen LogP) is 4.98. The van der Waals surface area contributed by atoms with Crippen molar-refractivity contribution in [2.24, 2.45) is 0 Å². The number of hydrogen-bond donors (Lipinski definition) is 0. The van der Waals surface area contributed by atoms with Gasteiger partial charge in [0.25, 0.3) is 0 Å². The maximum atomic E-state index is 13.4. The van der Waals surface area contributed by atoms with Crippen LogP contribution in [0.3, 0.4) is 0 Å². The van der Waals surface area contributed by atoms with Crippen LogP contribution < -0.4 is 4.90 Å². The van der Waals surface area contributed by atoms with Crippen LogP contribution in [0, 0.1) is 0 Å². The Kier molecular flexibility index (Phi) is 6.01. The molecule has 0 aliphatic heterocycles. The summed E-state index contributed by atoms with van der Waals surface area (Å²) in [5.74, 6) is -4.82. The van der Waals surface area contributed by atoms with E-state index in [2.05, 4.69) is 0 Å². The van der Waals surface area contributed by atoms with Crippen LogP contribution in [0.4, 0.5) is 27.6 Å². The van der Waals surface area contributed by atoms with E-state index in [4.69, 9.17) is 4.74 Å². The fraction of sp³-hybridized carbons (Fsp3) is 0.625. The summed E-state index contributed by atoms with van der Waals surface area (Å²) in [7, 11) is 1.13. The van der Waals surface area contributed by atoms with Crippen molar-refractivity contribution >= 4 is 5.69 Å². The summed E-state index contributed by atoms with van der Waals surface area (Å²) in [6.45, 7) is 6.72. The molecule has 0 saturated carbocycles. The minimum Gasteiger partial charge on any atom is -0.374 e. The SMILES string of the molecule is CCN(CC)c1ccc(C(C)(CC(F)(F)C(F)(F)F)OC)cc1. The highest BCUT2D eigenvalue weighted by Gasteiger charge is 2.60. The van der Waals surface area contributed by atoms with E-state index in [0.29, 0.717) is 0 Å². The molecule has 1 aromatic carbocycles. The van der Waals surface area contributed by atoms with Crippen LogP contribution in [-0.2, 0) is 10.3 Å². The summed E-state index contributed by atoms with van der Waals surface area (Å²) in [5, 5.41) is 0. The molecule has 132 valence electrons. The van der Waals surface area contributed by atoms with Gasteiger partial charge in [-0.1, -0.05) is 12.1 Å². The molecule has 0 aromatic heterocycles. The second kappa shape index (κ2) is 7.03. The molecular weight excluding hydrogens is 317 g/mol. The Morgan fingerprint density at radius 3 is 1.78 bits per heavy atom. The lowest BCUT2D eigenvalue weighted by Crippen LogP contribution is -2.43. The van der Waals surface area contributed by atoms with E-state index in [1.165, 1.54) is 19.1 Å². The van der Waals surface area contributed by atoms with Crippen molar-refractivity contribution in [3.63, 3.8) is 0 Å². The molecule has 23 heavy (non-hydrogen) atoms. The Labute approximate surface area is 133 Å². The number of benzene rings is 1. The van der Waals surface area contributed by atoms with Gasteiger partial charge in [-0.3, -0.25) is 0 Å². The normalized spacial score (nSPS) is 15.3. The molecule has 0 N–H and O–H groups in total. The zero-order chi connectivity index (χ0) is 17.9. The molecule has 0 aliphatic carbocycles. The molecule has 1 unspecified atom stereocenters. The lowest BCUT2D eigenvalue weighted by atomic mass is 9.88. The molecule has 1 atom stereocenters. The Morgan fingerprint density at radius 2 is 1.43 bits per heavy atom. The number of alkyl halides is 5. The summed E-state index contributed by atoms with van der Waals surface area (Å²) < 4.78 is 69.2. The first kappa shape index (κ1) is 19.7. The van der Waals surface area contributed by atoms with E-state index >= 15 is 0 Å². The summed E-state index contributed by atoms with van der Waals surface area (Å²) in [4.78, 5) is 2.04. The summed E-state index contributed by atoms with van der Waals surface area (Å²) in [6, 6.07) is 6.46. The second-order valence-electron chi connectivity index (χ2n) is 5.53. The van der Waals surface area contributed by atoms with Crippen LogP contribution in [0.5, 0.6) is 0 Å². The molecule has 0 fully saturated rings. The highest BCUT2D eigenvalue weighted by molar-refractivity contribution is 5.48. The molecule has 1 aromatic rings. The lowest BCUT2D eigenvalue weighted by molar-refractivity contribution is -0.298. The lowest BCUT2D eigenvalue weighted by Gasteiger charge is -2.33. The maximum Gasteiger partial charge on any atom is 0.453 e. The minimum atomic E-state index is -5.60. The fourth-order valence-corrected chi connectivity index (χ4v) is 2.43. The third kappa shape index (κ3) is 4.34. The van der Waals surface area contributed by atoms with E-state index in [9.17, 15) is 22.0 Å². The molecule has 1 rings (SSSR count). The fourth-order valence-electron chi connectivity index (χ4n) is 2.43. The number of nitrogens with zero attached hydrogens (tertiary/aromatic N) is 1. The third-order valence-electron chi connectivity index (χ3n) is 4.03. The Hall–Kier alpha value is -1.37. The molecule has 0 bridgehead atoms. The molecule has 7 heteroatoms. The Bertz CT molecular complexity index is 496. The highest BCUT2D eigenvalue weighted by atomic mass is 19.4. The van der Waals surface area contributed by atoms with Crippen molar-refractivity contribution < 1.29 is 26.7 Å². The van der Waals surface area contributed by atoms with Crippen LogP contribution in [0.15, 0.2) is 24.3 Å². The summed E-state index contributed by atoms with van der Waals surface area (Å²) >= 11 is 0. The monoisotopic (exact) mass is 339 g/mol. The van der Waals surface area contributed by atoms with Crippen molar-refractivity contribution in [3.05, 3.63) is 29.8 Å². The summed E-state index contributed by atoms with van der Waals surface area (Å²) in [5.41, 5.74) is -0.583. The Balaban J connectivity index is 3.09. The molecule has 0 amide bonds. The topological polar surface area (TPSA) is 12.5 Å². The van der Waals surface area contributed by atoms with Gasteiger partial charge in [-0.2, -0.15) is 22.0 Å². The van der Waals surface area contributed by atoms with Gasteiger partial charge in [0.1, 0.15) is 0 Å². The molecule has 0 saturated heterocycles. The first-order valence-corrected chi connectivity index (χ1v) is 7.36. The van der Waals surface area contributed by atoms with E-state index in [-0.39, 0.29) is 5.56 Å². The zero-order valence-corrected chi connectivity index (χ0v) is 13.7. The summed E-state index contributed by atoms with van der Waals surface area (Å²) in [6.07, 6.45) is -7.07. The number of rotatable bonds is 7. The van der Waals surface area contributed by atoms with Gasteiger partial charge >= 0.3 is 12.1 Å². The van der Waals surface area contributed by atoms with Gasteiger partial charge in [0.05, 0.1) is 12.0 Å². The van der Waals surface area contributed by atoms with E-state index in [0.717, 1.165) is 25.9 Å². The molecule has 0 radical (unpaired) electrons. The quantitative estimate of drug-likeness (QED) is 0.650. The van der Waals surface area contributed by atoms with Crippen LogP contribution in [0.2, 0.25) is 0 Å². The molecule has 0 spiro atoms. The number of anilines is 1. The molecular formula is C16H22F5NO. The van der Waals surface area contributed by atoms with Gasteiger partial charge in [-0.25, -0.2) is 0 Å². The van der Waals surface area contributed by atoms with Gasteiger partial charge < -0.3 is 9.64 Å². The number of halogens is 5. The van der Waals surface area contributed by atoms with Crippen molar-refractivity contribution in [3.8, 4) is 0 Å². The average Bonchev–Trinajstić information content (AvgIpc) is 2.47. The van der Waals surface area contributed by atoms with Gasteiger partial charge in [0.15, 0.2) is 0 Å². The van der Waals surface area contributed by atoms with E-state index in [1.54, 1.807) is 12.1 Å². The number of ether oxygens (including phenoxy) is 1. The van der Waals surface area contributed by atoms with Crippen molar-refractivity contribution in [1.29, 1.82) is 0 Å². The molecule has 0 aliphatic rings. The molecule has 0 heterocycles. The van der Waals surface area contributed by atoms with Crippen molar-refractivity contribution in [2.45, 2.75) is 44.9 Å². The first-order chi connectivity index (χ1) is 10.5. The van der Waals surface area contributed by atoms with Gasteiger partial charge in [0.2, 0.25) is 0 Å². The third-order valence-corrected chi connectivity index (χ3v) is 4.03. The number of methoxy groups -OCH3 is 1. The number of hydrogen-bond acceptors (Lipinski definition) is 2. The van der Waals surface area contributed by atoms with Crippen LogP contribution >= 0.6 is 0 Å². The highest BCUT2D eigenvalue weighted by Crippen LogP contribution is 2.45. The smallest absolute Gasteiger partial charge is 0.374 e. The van der Waals surface area contributed by atoms with Gasteiger partial charge in [-0.05, 0) is 38.5 Å². The average molecular weight is 339 g/mol. The first-order valence-electron chi connectivity index (χ1n) is 7.36. The van der Waals surface area contributed by atoms with E-state index in [1.807, 2.05) is 18.7 Å². The zero-order valence-electron chi connectivity index (χ0n) is 13.7. The van der Waals surface area contributed by atoms with E-state index < -0.39 is 24.1 Å². The Morgan fingerprint density at radius 1 is 0.957 bits per heavy atom. The van der Waals surface area contributed by atoms with Crippen molar-refractivity contribution in [1.82, 2.24) is 0 Å². The van der Waals surface area contributed by atoms with Crippen LogP contribution in [0.25, 0.3) is 0 Å².